The molecule has 4 heteroatoms. The van der Waals surface area contributed by atoms with Crippen LogP contribution in [0.5, 0.6) is 0 Å². The molecule has 1 saturated carbocycles. The zero-order valence-electron chi connectivity index (χ0n) is 17.4. The molecule has 0 heterocycles. The Morgan fingerprint density at radius 1 is 1.28 bits per heavy atom. The van der Waals surface area contributed by atoms with Crippen molar-refractivity contribution < 1.29 is 9.50 Å². The zero-order valence-corrected chi connectivity index (χ0v) is 17.4. The minimum absolute atomic E-state index is 0.0992. The molecule has 0 bridgehead atoms. The quantitative estimate of drug-likeness (QED) is 0.555. The van der Waals surface area contributed by atoms with Crippen molar-refractivity contribution in [2.24, 2.45) is 5.92 Å². The van der Waals surface area contributed by atoms with Gasteiger partial charge in [0.1, 0.15) is 5.82 Å². The average Bonchev–Trinajstić information content (AvgIpc) is 2.88. The summed E-state index contributed by atoms with van der Waals surface area (Å²) in [4.78, 5) is 0. The van der Waals surface area contributed by atoms with E-state index in [-0.39, 0.29) is 17.3 Å². The highest BCUT2D eigenvalue weighted by atomic mass is 19.1. The van der Waals surface area contributed by atoms with E-state index in [1.807, 2.05) is 0 Å². The van der Waals surface area contributed by atoms with E-state index < -0.39 is 0 Å². The standard InChI is InChI=1S/C25H31FN2O/c1-3-25-12-11-21(29)14-18(25)5-4-6-22-16(2)24(17(15-27)13-23(22)25)28-20-9-7-19(26)8-10-20/h7-10,13,15,18,21,27-29H,3-6,11-12,14H2,1-2H3. The van der Waals surface area contributed by atoms with E-state index in [9.17, 15) is 9.50 Å². The molecule has 0 saturated heterocycles. The lowest BCUT2D eigenvalue weighted by Crippen LogP contribution is -2.41. The molecule has 3 nitrogen and oxygen atoms in total. The first kappa shape index (κ1) is 20.1. The third-order valence-corrected chi connectivity index (χ3v) is 7.42. The van der Waals surface area contributed by atoms with Gasteiger partial charge in [0.05, 0.1) is 11.8 Å². The number of hydrogen-bond acceptors (Lipinski definition) is 3. The van der Waals surface area contributed by atoms with Crippen LogP contribution in [-0.2, 0) is 11.8 Å². The summed E-state index contributed by atoms with van der Waals surface area (Å²) in [5, 5.41) is 21.8. The molecule has 0 spiro atoms. The third kappa shape index (κ3) is 3.48. The van der Waals surface area contributed by atoms with E-state index in [0.29, 0.717) is 5.92 Å². The van der Waals surface area contributed by atoms with Crippen molar-refractivity contribution >= 4 is 17.6 Å². The molecular weight excluding hydrogens is 363 g/mol. The van der Waals surface area contributed by atoms with E-state index in [4.69, 9.17) is 5.41 Å². The van der Waals surface area contributed by atoms with Crippen LogP contribution in [0.15, 0.2) is 30.3 Å². The SMILES string of the molecule is CCC12CCC(O)CC1CCCc1c2cc(C=N)c(Nc2ccc(F)cc2)c1C. The fraction of sp³-hybridized carbons (Fsp3) is 0.480. The summed E-state index contributed by atoms with van der Waals surface area (Å²) in [6, 6.07) is 8.60. The Balaban J connectivity index is 1.83. The van der Waals surface area contributed by atoms with Crippen molar-refractivity contribution in [1.29, 1.82) is 5.41 Å². The fourth-order valence-electron chi connectivity index (χ4n) is 5.84. The van der Waals surface area contributed by atoms with Crippen LogP contribution >= 0.6 is 0 Å². The van der Waals surface area contributed by atoms with Crippen LogP contribution in [0.2, 0.25) is 0 Å². The summed E-state index contributed by atoms with van der Waals surface area (Å²) in [5.74, 6) is 0.253. The minimum Gasteiger partial charge on any atom is -0.393 e. The van der Waals surface area contributed by atoms with E-state index in [1.54, 1.807) is 12.1 Å². The lowest BCUT2D eigenvalue weighted by molar-refractivity contribution is 0.0451. The van der Waals surface area contributed by atoms with Crippen LogP contribution in [-0.4, -0.2) is 17.4 Å². The molecule has 0 aromatic heterocycles. The van der Waals surface area contributed by atoms with Gasteiger partial charge >= 0.3 is 0 Å². The molecule has 2 aromatic rings. The van der Waals surface area contributed by atoms with Gasteiger partial charge in [-0.3, -0.25) is 0 Å². The van der Waals surface area contributed by atoms with Crippen molar-refractivity contribution in [3.63, 3.8) is 0 Å². The molecule has 3 unspecified atom stereocenters. The number of benzene rings is 2. The second-order valence-electron chi connectivity index (χ2n) is 8.80. The van der Waals surface area contributed by atoms with Gasteiger partial charge in [-0.1, -0.05) is 6.92 Å². The molecule has 2 aliphatic carbocycles. The number of anilines is 2. The summed E-state index contributed by atoms with van der Waals surface area (Å²) in [6.07, 6.45) is 8.41. The maximum Gasteiger partial charge on any atom is 0.123 e. The molecule has 3 N–H and O–H groups in total. The van der Waals surface area contributed by atoms with Crippen LogP contribution in [0.1, 0.15) is 67.7 Å². The molecule has 0 aliphatic heterocycles. The third-order valence-electron chi connectivity index (χ3n) is 7.42. The summed E-state index contributed by atoms with van der Waals surface area (Å²) in [6.45, 7) is 4.43. The Kier molecular flexibility index (Phi) is 5.48. The fourth-order valence-corrected chi connectivity index (χ4v) is 5.84. The topological polar surface area (TPSA) is 56.1 Å². The first-order valence-electron chi connectivity index (χ1n) is 10.9. The second kappa shape index (κ2) is 7.91. The first-order chi connectivity index (χ1) is 14.0. The van der Waals surface area contributed by atoms with Crippen LogP contribution in [0.4, 0.5) is 15.8 Å². The van der Waals surface area contributed by atoms with Crippen LogP contribution in [0.3, 0.4) is 0 Å². The van der Waals surface area contributed by atoms with Crippen molar-refractivity contribution in [3.8, 4) is 0 Å². The Morgan fingerprint density at radius 2 is 2.03 bits per heavy atom. The number of rotatable bonds is 4. The van der Waals surface area contributed by atoms with E-state index >= 15 is 0 Å². The molecular formula is C25H31FN2O. The Hall–Kier alpha value is -2.20. The smallest absolute Gasteiger partial charge is 0.123 e. The van der Waals surface area contributed by atoms with Crippen molar-refractivity contribution in [3.05, 3.63) is 58.4 Å². The lowest BCUT2D eigenvalue weighted by Gasteiger charge is -2.46. The largest absolute Gasteiger partial charge is 0.393 e. The highest BCUT2D eigenvalue weighted by molar-refractivity contribution is 5.90. The van der Waals surface area contributed by atoms with Crippen LogP contribution in [0, 0.1) is 24.1 Å². The van der Waals surface area contributed by atoms with Gasteiger partial charge in [-0.05, 0) is 110 Å². The van der Waals surface area contributed by atoms with E-state index in [1.165, 1.54) is 35.0 Å². The molecule has 3 atom stereocenters. The number of aliphatic hydroxyl groups is 1. The van der Waals surface area contributed by atoms with Gasteiger partial charge in [-0.2, -0.15) is 0 Å². The predicted octanol–water partition coefficient (Wildman–Crippen LogP) is 6.02. The van der Waals surface area contributed by atoms with Crippen LogP contribution in [0.25, 0.3) is 0 Å². The average molecular weight is 395 g/mol. The van der Waals surface area contributed by atoms with Gasteiger partial charge in [0.25, 0.3) is 0 Å². The first-order valence-corrected chi connectivity index (χ1v) is 10.9. The maximum atomic E-state index is 13.3. The Bertz CT molecular complexity index is 908. The van der Waals surface area contributed by atoms with Crippen LogP contribution < -0.4 is 5.32 Å². The highest BCUT2D eigenvalue weighted by Gasteiger charge is 2.45. The molecule has 4 rings (SSSR count). The highest BCUT2D eigenvalue weighted by Crippen LogP contribution is 2.52. The Labute approximate surface area is 172 Å². The Morgan fingerprint density at radius 3 is 2.72 bits per heavy atom. The van der Waals surface area contributed by atoms with Crippen molar-refractivity contribution in [2.45, 2.75) is 70.3 Å². The molecule has 2 aliphatic rings. The summed E-state index contributed by atoms with van der Waals surface area (Å²) in [7, 11) is 0. The van der Waals surface area contributed by atoms with Crippen molar-refractivity contribution in [2.75, 3.05) is 5.32 Å². The summed E-state index contributed by atoms with van der Waals surface area (Å²) < 4.78 is 13.3. The molecule has 29 heavy (non-hydrogen) atoms. The maximum absolute atomic E-state index is 13.3. The van der Waals surface area contributed by atoms with Gasteiger partial charge in [0.15, 0.2) is 0 Å². The summed E-state index contributed by atoms with van der Waals surface area (Å²) >= 11 is 0. The van der Waals surface area contributed by atoms with Gasteiger partial charge < -0.3 is 15.8 Å². The lowest BCUT2D eigenvalue weighted by atomic mass is 9.59. The normalized spacial score (nSPS) is 26.2. The zero-order chi connectivity index (χ0) is 20.6. The number of hydrogen-bond donors (Lipinski definition) is 3. The van der Waals surface area contributed by atoms with Gasteiger partial charge in [0.2, 0.25) is 0 Å². The number of fused-ring (bicyclic) bond motifs is 3. The number of nitrogens with one attached hydrogen (secondary N) is 2. The number of aliphatic hydroxyl groups excluding tert-OH is 1. The van der Waals surface area contributed by atoms with Crippen molar-refractivity contribution in [1.82, 2.24) is 0 Å². The predicted molar refractivity (Wildman–Crippen MR) is 117 cm³/mol. The van der Waals surface area contributed by atoms with E-state index in [0.717, 1.165) is 61.9 Å². The van der Waals surface area contributed by atoms with Gasteiger partial charge in [-0.15, -0.1) is 0 Å². The van der Waals surface area contributed by atoms with Gasteiger partial charge in [-0.25, -0.2) is 4.39 Å². The molecule has 2 aromatic carbocycles. The minimum atomic E-state index is -0.253. The van der Waals surface area contributed by atoms with Gasteiger partial charge in [0, 0.05) is 17.5 Å². The molecule has 154 valence electrons. The van der Waals surface area contributed by atoms with E-state index in [2.05, 4.69) is 25.2 Å². The summed E-state index contributed by atoms with van der Waals surface area (Å²) in [5.41, 5.74) is 6.76. The number of halogens is 1. The molecule has 0 amide bonds. The second-order valence-corrected chi connectivity index (χ2v) is 8.80. The molecule has 0 radical (unpaired) electrons. The monoisotopic (exact) mass is 394 g/mol. The molecule has 1 fully saturated rings.